The Bertz CT molecular complexity index is 1010. The van der Waals surface area contributed by atoms with Crippen LogP contribution >= 0.6 is 11.6 Å². The van der Waals surface area contributed by atoms with Crippen molar-refractivity contribution in [3.63, 3.8) is 0 Å². The molecule has 2 N–H and O–H groups in total. The van der Waals surface area contributed by atoms with Crippen LogP contribution in [0, 0.1) is 6.92 Å². The fraction of sp³-hybridized carbons (Fsp3) is 0.150. The number of rotatable bonds is 6. The van der Waals surface area contributed by atoms with Crippen LogP contribution in [0.5, 0.6) is 11.5 Å². The molecule has 0 fully saturated rings. The zero-order valence-electron chi connectivity index (χ0n) is 15.6. The first-order valence-corrected chi connectivity index (χ1v) is 8.76. The number of aryl methyl sites for hydroxylation is 1. The molecule has 0 unspecified atom stereocenters. The second-order valence-electron chi connectivity index (χ2n) is 5.92. The maximum absolute atomic E-state index is 12.6. The summed E-state index contributed by atoms with van der Waals surface area (Å²) in [5.74, 6) is 1.22. The van der Waals surface area contributed by atoms with E-state index in [1.54, 1.807) is 44.6 Å². The number of nitrogens with one attached hydrogen (secondary N) is 2. The fourth-order valence-electron chi connectivity index (χ4n) is 2.55. The van der Waals surface area contributed by atoms with Gasteiger partial charge in [-0.3, -0.25) is 4.79 Å². The lowest BCUT2D eigenvalue weighted by atomic mass is 10.2. The minimum Gasteiger partial charge on any atom is -0.495 e. The molecule has 1 aromatic heterocycles. The first kappa shape index (κ1) is 19.4. The predicted molar refractivity (Wildman–Crippen MR) is 109 cm³/mol. The standard InChI is InChI=1S/C20H19ClN4O3/c1-12-4-6-18(28-3)15(8-12)25-20(26)16-10-19(23-11-22-16)24-13-5-7-17(27-2)14(21)9-13/h4-11H,1-3H3,(H,25,26)(H,22,23,24). The van der Waals surface area contributed by atoms with Crippen molar-refractivity contribution in [2.75, 3.05) is 24.9 Å². The number of carbonyl (C=O) groups is 1. The molecule has 3 rings (SSSR count). The third-order valence-corrected chi connectivity index (χ3v) is 4.22. The van der Waals surface area contributed by atoms with Gasteiger partial charge in [0.15, 0.2) is 0 Å². The summed E-state index contributed by atoms with van der Waals surface area (Å²) in [7, 11) is 3.10. The normalized spacial score (nSPS) is 10.3. The average Bonchev–Trinajstić information content (AvgIpc) is 2.68. The maximum Gasteiger partial charge on any atom is 0.274 e. The van der Waals surface area contributed by atoms with Gasteiger partial charge in [-0.05, 0) is 42.8 Å². The van der Waals surface area contributed by atoms with Crippen LogP contribution < -0.4 is 20.1 Å². The van der Waals surface area contributed by atoms with Crippen LogP contribution in [-0.4, -0.2) is 30.1 Å². The van der Waals surface area contributed by atoms with Gasteiger partial charge in [-0.25, -0.2) is 9.97 Å². The van der Waals surface area contributed by atoms with Gasteiger partial charge in [0.2, 0.25) is 0 Å². The van der Waals surface area contributed by atoms with Crippen LogP contribution in [0.3, 0.4) is 0 Å². The van der Waals surface area contributed by atoms with Crippen molar-refractivity contribution in [2.24, 2.45) is 0 Å². The van der Waals surface area contributed by atoms with E-state index in [0.717, 1.165) is 5.56 Å². The molecule has 0 bridgehead atoms. The molecule has 144 valence electrons. The molecule has 2 aromatic carbocycles. The molecule has 1 heterocycles. The van der Waals surface area contributed by atoms with Crippen molar-refractivity contribution in [3.05, 3.63) is 65.1 Å². The van der Waals surface area contributed by atoms with E-state index in [4.69, 9.17) is 21.1 Å². The Morgan fingerprint density at radius 2 is 1.75 bits per heavy atom. The molecule has 0 aliphatic rings. The molecule has 0 spiro atoms. The van der Waals surface area contributed by atoms with E-state index >= 15 is 0 Å². The summed E-state index contributed by atoms with van der Waals surface area (Å²) in [6.45, 7) is 1.93. The Morgan fingerprint density at radius 3 is 2.46 bits per heavy atom. The summed E-state index contributed by atoms with van der Waals surface area (Å²) in [6, 6.07) is 12.3. The molecular weight excluding hydrogens is 380 g/mol. The largest absolute Gasteiger partial charge is 0.495 e. The van der Waals surface area contributed by atoms with E-state index in [2.05, 4.69) is 20.6 Å². The smallest absolute Gasteiger partial charge is 0.274 e. The number of amides is 1. The molecule has 0 atom stereocenters. The SMILES string of the molecule is COc1ccc(Nc2cc(C(=O)Nc3cc(C)ccc3OC)ncn2)cc1Cl. The third kappa shape index (κ3) is 4.50. The van der Waals surface area contributed by atoms with Gasteiger partial charge in [-0.2, -0.15) is 0 Å². The molecule has 0 aliphatic heterocycles. The van der Waals surface area contributed by atoms with E-state index in [1.807, 2.05) is 19.1 Å². The number of carbonyl (C=O) groups excluding carboxylic acids is 1. The van der Waals surface area contributed by atoms with E-state index in [-0.39, 0.29) is 11.6 Å². The highest BCUT2D eigenvalue weighted by molar-refractivity contribution is 6.32. The molecule has 1 amide bonds. The summed E-state index contributed by atoms with van der Waals surface area (Å²) in [5.41, 5.74) is 2.48. The van der Waals surface area contributed by atoms with Crippen molar-refractivity contribution < 1.29 is 14.3 Å². The summed E-state index contributed by atoms with van der Waals surface area (Å²) >= 11 is 6.14. The molecule has 28 heavy (non-hydrogen) atoms. The lowest BCUT2D eigenvalue weighted by Crippen LogP contribution is -2.15. The highest BCUT2D eigenvalue weighted by atomic mass is 35.5. The highest BCUT2D eigenvalue weighted by Crippen LogP contribution is 2.29. The van der Waals surface area contributed by atoms with E-state index < -0.39 is 0 Å². The van der Waals surface area contributed by atoms with Crippen LogP contribution in [0.15, 0.2) is 48.8 Å². The Balaban J connectivity index is 1.78. The highest BCUT2D eigenvalue weighted by Gasteiger charge is 2.13. The van der Waals surface area contributed by atoms with Crippen molar-refractivity contribution in [3.8, 4) is 11.5 Å². The number of ether oxygens (including phenoxy) is 2. The van der Waals surface area contributed by atoms with E-state index in [1.165, 1.54) is 6.33 Å². The minimum atomic E-state index is -0.373. The fourth-order valence-corrected chi connectivity index (χ4v) is 2.81. The van der Waals surface area contributed by atoms with Crippen molar-refractivity contribution >= 4 is 34.7 Å². The zero-order valence-corrected chi connectivity index (χ0v) is 16.4. The van der Waals surface area contributed by atoms with Crippen LogP contribution in [0.25, 0.3) is 0 Å². The van der Waals surface area contributed by atoms with E-state index in [0.29, 0.717) is 33.7 Å². The molecule has 3 aromatic rings. The number of hydrogen-bond donors (Lipinski definition) is 2. The maximum atomic E-state index is 12.6. The van der Waals surface area contributed by atoms with Gasteiger partial charge < -0.3 is 20.1 Å². The van der Waals surface area contributed by atoms with Crippen molar-refractivity contribution in [2.45, 2.75) is 6.92 Å². The number of hydrogen-bond acceptors (Lipinski definition) is 6. The summed E-state index contributed by atoms with van der Waals surface area (Å²) in [5, 5.41) is 6.37. The monoisotopic (exact) mass is 398 g/mol. The minimum absolute atomic E-state index is 0.209. The van der Waals surface area contributed by atoms with Crippen LogP contribution in [0.4, 0.5) is 17.2 Å². The van der Waals surface area contributed by atoms with Crippen molar-refractivity contribution in [1.29, 1.82) is 0 Å². The summed E-state index contributed by atoms with van der Waals surface area (Å²) in [6.07, 6.45) is 1.32. The average molecular weight is 399 g/mol. The second kappa shape index (κ2) is 8.58. The van der Waals surface area contributed by atoms with Gasteiger partial charge in [0.25, 0.3) is 5.91 Å². The summed E-state index contributed by atoms with van der Waals surface area (Å²) in [4.78, 5) is 20.8. The molecule has 8 heteroatoms. The van der Waals surface area contributed by atoms with Gasteiger partial charge in [0.1, 0.15) is 29.3 Å². The predicted octanol–water partition coefficient (Wildman–Crippen LogP) is 4.45. The Kier molecular flexibility index (Phi) is 5.96. The topological polar surface area (TPSA) is 85.4 Å². The van der Waals surface area contributed by atoms with Gasteiger partial charge in [0.05, 0.1) is 24.9 Å². The number of benzene rings is 2. The lowest BCUT2D eigenvalue weighted by molar-refractivity contribution is 0.102. The Morgan fingerprint density at radius 1 is 1.00 bits per heavy atom. The first-order valence-electron chi connectivity index (χ1n) is 8.38. The molecule has 0 radical (unpaired) electrons. The third-order valence-electron chi connectivity index (χ3n) is 3.93. The quantitative estimate of drug-likeness (QED) is 0.638. The number of halogens is 1. The Hall–Kier alpha value is -3.32. The summed E-state index contributed by atoms with van der Waals surface area (Å²) < 4.78 is 10.4. The Labute approximate surface area is 167 Å². The number of nitrogens with zero attached hydrogens (tertiary/aromatic N) is 2. The molecule has 0 saturated heterocycles. The molecule has 0 saturated carbocycles. The van der Waals surface area contributed by atoms with Gasteiger partial charge in [-0.1, -0.05) is 17.7 Å². The molecular formula is C20H19ClN4O3. The zero-order chi connectivity index (χ0) is 20.1. The van der Waals surface area contributed by atoms with Gasteiger partial charge in [-0.15, -0.1) is 0 Å². The number of methoxy groups -OCH3 is 2. The molecule has 7 nitrogen and oxygen atoms in total. The van der Waals surface area contributed by atoms with E-state index in [9.17, 15) is 4.79 Å². The number of anilines is 3. The van der Waals surface area contributed by atoms with Gasteiger partial charge in [0, 0.05) is 11.8 Å². The van der Waals surface area contributed by atoms with Gasteiger partial charge >= 0.3 is 0 Å². The molecule has 0 aliphatic carbocycles. The van der Waals surface area contributed by atoms with Crippen LogP contribution in [-0.2, 0) is 0 Å². The first-order chi connectivity index (χ1) is 13.5. The van der Waals surface area contributed by atoms with Crippen LogP contribution in [0.2, 0.25) is 5.02 Å². The number of aromatic nitrogens is 2. The van der Waals surface area contributed by atoms with Crippen LogP contribution in [0.1, 0.15) is 16.1 Å². The van der Waals surface area contributed by atoms with Crippen molar-refractivity contribution in [1.82, 2.24) is 9.97 Å². The lowest BCUT2D eigenvalue weighted by Gasteiger charge is -2.11. The second-order valence-corrected chi connectivity index (χ2v) is 6.33.